The smallest absolute Gasteiger partial charge is 0.321 e. The molecule has 5 N–H and O–H groups in total. The van der Waals surface area contributed by atoms with Crippen LogP contribution >= 0.6 is 0 Å². The van der Waals surface area contributed by atoms with Crippen molar-refractivity contribution in [3.8, 4) is 11.1 Å². The number of aromatic amines is 1. The Bertz CT molecular complexity index is 859. The number of nitrogen functional groups attached to an aromatic ring is 1. The quantitative estimate of drug-likeness (QED) is 0.588. The third kappa shape index (κ3) is 3.03. The minimum atomic E-state index is -0.459. The van der Waals surface area contributed by atoms with Gasteiger partial charge in [-0.1, -0.05) is 0 Å². The van der Waals surface area contributed by atoms with Gasteiger partial charge in [-0.15, -0.1) is 0 Å². The van der Waals surface area contributed by atoms with E-state index in [1.54, 1.807) is 13.0 Å². The Balaban J connectivity index is 1.97. The predicted molar refractivity (Wildman–Crippen MR) is 84.2 cm³/mol. The lowest BCUT2D eigenvalue weighted by molar-refractivity contribution is 0.252. The minimum absolute atomic E-state index is 0.114. The number of hydrogen-bond donors (Lipinski definition) is 4. The largest absolute Gasteiger partial charge is 0.368 e. The molecule has 9 heteroatoms. The molecule has 2 aromatic heterocycles. The summed E-state index contributed by atoms with van der Waals surface area (Å²) in [5.74, 6) is -0.112. The number of urea groups is 1. The zero-order valence-electron chi connectivity index (χ0n) is 12.2. The lowest BCUT2D eigenvalue weighted by atomic mass is 10.1. The molecule has 0 saturated carbocycles. The van der Waals surface area contributed by atoms with Crippen molar-refractivity contribution in [2.24, 2.45) is 0 Å². The van der Waals surface area contributed by atoms with Crippen molar-refractivity contribution in [1.82, 2.24) is 25.3 Å². The molecule has 23 heavy (non-hydrogen) atoms. The molecule has 0 aliphatic rings. The van der Waals surface area contributed by atoms with Gasteiger partial charge in [-0.25, -0.2) is 24.1 Å². The number of halogens is 1. The molecule has 2 heterocycles. The van der Waals surface area contributed by atoms with Crippen LogP contribution < -0.4 is 16.4 Å². The number of rotatable bonds is 3. The van der Waals surface area contributed by atoms with E-state index in [0.29, 0.717) is 28.7 Å². The summed E-state index contributed by atoms with van der Waals surface area (Å²) in [5.41, 5.74) is 7.19. The first-order chi connectivity index (χ1) is 11.1. The van der Waals surface area contributed by atoms with Crippen molar-refractivity contribution in [1.29, 1.82) is 0 Å². The van der Waals surface area contributed by atoms with Crippen LogP contribution in [0.5, 0.6) is 0 Å². The van der Waals surface area contributed by atoms with Gasteiger partial charge in [0, 0.05) is 36.1 Å². The normalized spacial score (nSPS) is 10.7. The van der Waals surface area contributed by atoms with Crippen molar-refractivity contribution in [3.63, 3.8) is 0 Å². The van der Waals surface area contributed by atoms with Crippen LogP contribution in [-0.4, -0.2) is 32.5 Å². The second kappa shape index (κ2) is 5.87. The molecule has 3 aromatic rings. The number of fused-ring (bicyclic) bond motifs is 1. The zero-order valence-corrected chi connectivity index (χ0v) is 12.2. The van der Waals surface area contributed by atoms with Crippen LogP contribution in [0.25, 0.3) is 22.2 Å². The Labute approximate surface area is 130 Å². The number of nitrogens with two attached hydrogens (primary N) is 1. The van der Waals surface area contributed by atoms with E-state index >= 15 is 0 Å². The highest BCUT2D eigenvalue weighted by atomic mass is 19.1. The van der Waals surface area contributed by atoms with Gasteiger partial charge in [0.2, 0.25) is 11.9 Å². The van der Waals surface area contributed by atoms with Crippen molar-refractivity contribution < 1.29 is 9.18 Å². The number of nitrogens with zero attached hydrogens (tertiary/aromatic N) is 3. The number of anilines is 2. The van der Waals surface area contributed by atoms with Gasteiger partial charge < -0.3 is 16.0 Å². The fourth-order valence-corrected chi connectivity index (χ4v) is 2.10. The summed E-state index contributed by atoms with van der Waals surface area (Å²) in [6.45, 7) is 2.29. The highest BCUT2D eigenvalue weighted by Gasteiger charge is 2.12. The number of carbonyl (C=O) groups is 1. The first-order valence-electron chi connectivity index (χ1n) is 6.89. The van der Waals surface area contributed by atoms with E-state index in [-0.39, 0.29) is 17.9 Å². The van der Waals surface area contributed by atoms with Gasteiger partial charge >= 0.3 is 6.03 Å². The Morgan fingerprint density at radius 3 is 2.78 bits per heavy atom. The van der Waals surface area contributed by atoms with Gasteiger partial charge in [0.05, 0.1) is 11.0 Å². The first-order valence-corrected chi connectivity index (χ1v) is 6.89. The average Bonchev–Trinajstić information content (AvgIpc) is 2.88. The van der Waals surface area contributed by atoms with E-state index < -0.39 is 5.82 Å². The van der Waals surface area contributed by atoms with Gasteiger partial charge in [-0.2, -0.15) is 0 Å². The molecule has 118 valence electrons. The predicted octanol–water partition coefficient (Wildman–Crippen LogP) is 1.88. The summed E-state index contributed by atoms with van der Waals surface area (Å²) < 4.78 is 14.3. The molecule has 0 unspecified atom stereocenters. The highest BCUT2D eigenvalue weighted by molar-refractivity contribution is 5.90. The van der Waals surface area contributed by atoms with E-state index in [4.69, 9.17) is 5.73 Å². The zero-order chi connectivity index (χ0) is 16.4. The summed E-state index contributed by atoms with van der Waals surface area (Å²) in [4.78, 5) is 26.2. The molecule has 0 spiro atoms. The van der Waals surface area contributed by atoms with E-state index in [2.05, 4.69) is 30.6 Å². The maximum atomic E-state index is 14.3. The van der Waals surface area contributed by atoms with Gasteiger partial charge in [0.25, 0.3) is 0 Å². The van der Waals surface area contributed by atoms with Crippen LogP contribution in [0.3, 0.4) is 0 Å². The number of amides is 2. The van der Waals surface area contributed by atoms with Crippen LogP contribution in [0.4, 0.5) is 21.1 Å². The lowest BCUT2D eigenvalue weighted by Crippen LogP contribution is -2.28. The second-order valence-electron chi connectivity index (χ2n) is 4.75. The molecule has 0 saturated heterocycles. The lowest BCUT2D eigenvalue weighted by Gasteiger charge is -2.02. The third-order valence-corrected chi connectivity index (χ3v) is 3.12. The van der Waals surface area contributed by atoms with Crippen molar-refractivity contribution in [3.05, 3.63) is 30.3 Å². The van der Waals surface area contributed by atoms with Gasteiger partial charge in [-0.05, 0) is 13.0 Å². The van der Waals surface area contributed by atoms with Crippen molar-refractivity contribution in [2.45, 2.75) is 6.92 Å². The van der Waals surface area contributed by atoms with E-state index in [0.717, 1.165) is 0 Å². The number of nitrogens with one attached hydrogen (secondary N) is 3. The van der Waals surface area contributed by atoms with Crippen molar-refractivity contribution in [2.75, 3.05) is 17.6 Å². The van der Waals surface area contributed by atoms with Crippen LogP contribution in [-0.2, 0) is 0 Å². The summed E-state index contributed by atoms with van der Waals surface area (Å²) in [6.07, 6.45) is 2.88. The fourth-order valence-electron chi connectivity index (χ4n) is 2.10. The van der Waals surface area contributed by atoms with Gasteiger partial charge in [-0.3, -0.25) is 5.32 Å². The van der Waals surface area contributed by atoms with Crippen LogP contribution in [0, 0.1) is 5.82 Å². The highest BCUT2D eigenvalue weighted by Crippen LogP contribution is 2.27. The molecular weight excluding hydrogens is 301 g/mol. The monoisotopic (exact) mass is 315 g/mol. The molecule has 0 bridgehead atoms. The fraction of sp³-hybridized carbons (Fsp3) is 0.143. The maximum absolute atomic E-state index is 14.3. The topological polar surface area (TPSA) is 122 Å². The first kappa shape index (κ1) is 14.7. The standard InChI is InChI=1S/C14H14FN7O/c1-2-17-14(23)22-13-20-10-3-8(9(15)4-11(10)21-13)7-5-18-12(16)19-6-7/h3-6H,2H2,1H3,(H2,16,18,19)(H3,17,20,21,22,23). The molecule has 1 aromatic carbocycles. The minimum Gasteiger partial charge on any atom is -0.368 e. The number of aromatic nitrogens is 4. The maximum Gasteiger partial charge on any atom is 0.321 e. The molecular formula is C14H14FN7O. The van der Waals surface area contributed by atoms with E-state index in [1.165, 1.54) is 18.5 Å². The third-order valence-electron chi connectivity index (χ3n) is 3.12. The molecule has 0 fully saturated rings. The summed E-state index contributed by atoms with van der Waals surface area (Å²) in [5, 5.41) is 5.12. The van der Waals surface area contributed by atoms with Crippen LogP contribution in [0.1, 0.15) is 6.92 Å². The van der Waals surface area contributed by atoms with E-state index in [1.807, 2.05) is 0 Å². The summed E-state index contributed by atoms with van der Waals surface area (Å²) >= 11 is 0. The number of hydrogen-bond acceptors (Lipinski definition) is 5. The number of benzene rings is 1. The number of carbonyl (C=O) groups excluding carboxylic acids is 1. The molecule has 0 radical (unpaired) electrons. The molecule has 0 aliphatic heterocycles. The molecule has 8 nitrogen and oxygen atoms in total. The Morgan fingerprint density at radius 1 is 1.35 bits per heavy atom. The molecule has 3 rings (SSSR count). The van der Waals surface area contributed by atoms with E-state index in [9.17, 15) is 9.18 Å². The number of imidazole rings is 1. The SMILES string of the molecule is CCNC(=O)Nc1nc2cc(-c3cnc(N)nc3)c(F)cc2[nH]1. The van der Waals surface area contributed by atoms with Crippen molar-refractivity contribution >= 4 is 29.0 Å². The number of H-pyrrole nitrogens is 1. The Hall–Kier alpha value is -3.23. The molecule has 2 amide bonds. The Kier molecular flexibility index (Phi) is 3.75. The second-order valence-corrected chi connectivity index (χ2v) is 4.75. The average molecular weight is 315 g/mol. The van der Waals surface area contributed by atoms with Gasteiger partial charge in [0.1, 0.15) is 5.82 Å². The molecule has 0 atom stereocenters. The summed E-state index contributed by atoms with van der Waals surface area (Å²) in [6, 6.07) is 2.47. The molecule has 0 aliphatic carbocycles. The van der Waals surface area contributed by atoms with Crippen LogP contribution in [0.15, 0.2) is 24.5 Å². The van der Waals surface area contributed by atoms with Gasteiger partial charge in [0.15, 0.2) is 0 Å². The Morgan fingerprint density at radius 2 is 2.09 bits per heavy atom. The summed E-state index contributed by atoms with van der Waals surface area (Å²) in [7, 11) is 0. The van der Waals surface area contributed by atoms with Crippen LogP contribution in [0.2, 0.25) is 0 Å².